The van der Waals surface area contributed by atoms with E-state index in [1.165, 1.54) is 24.3 Å². The van der Waals surface area contributed by atoms with Crippen molar-refractivity contribution in [1.82, 2.24) is 10.2 Å². The summed E-state index contributed by atoms with van der Waals surface area (Å²) in [4.78, 5) is 25.7. The average molecular weight is 466 g/mol. The molecule has 2 aromatic carbocycles. The van der Waals surface area contributed by atoms with Gasteiger partial charge in [-0.1, -0.05) is 6.42 Å². The summed E-state index contributed by atoms with van der Waals surface area (Å²) in [6.07, 6.45) is 4.22. The molecule has 1 aliphatic heterocycles. The van der Waals surface area contributed by atoms with Gasteiger partial charge in [-0.05, 0) is 61.7 Å². The number of hydrogen-bond donors (Lipinski definition) is 2. The molecule has 3 rings (SSSR count). The minimum Gasteiger partial charge on any atom is -0.352 e. The maximum Gasteiger partial charge on any atom is 0.261 e. The first-order valence-corrected chi connectivity index (χ1v) is 11.9. The van der Waals surface area contributed by atoms with Gasteiger partial charge in [-0.15, -0.1) is 0 Å². The molecule has 2 amide bonds. The van der Waals surface area contributed by atoms with Crippen molar-refractivity contribution < 1.29 is 26.8 Å². The summed E-state index contributed by atoms with van der Waals surface area (Å²) in [7, 11) is -4.11. The molecular weight excluding hydrogens is 440 g/mol. The van der Waals surface area contributed by atoms with E-state index in [-0.39, 0.29) is 17.5 Å². The first-order chi connectivity index (χ1) is 15.3. The first-order valence-electron chi connectivity index (χ1n) is 10.4. The molecule has 0 aromatic heterocycles. The number of likely N-dealkylation sites (tertiary alicyclic amines) is 1. The molecule has 7 nitrogen and oxygen atoms in total. The van der Waals surface area contributed by atoms with Crippen LogP contribution in [0.5, 0.6) is 0 Å². The fourth-order valence-electron chi connectivity index (χ4n) is 3.40. The number of carbonyl (C=O) groups is 2. The topological polar surface area (TPSA) is 95.6 Å². The van der Waals surface area contributed by atoms with Gasteiger partial charge in [0, 0.05) is 37.3 Å². The number of nitrogens with one attached hydrogen (secondary N) is 2. The van der Waals surface area contributed by atoms with Crippen LogP contribution in [0.2, 0.25) is 0 Å². The van der Waals surface area contributed by atoms with Crippen molar-refractivity contribution in [2.75, 3.05) is 24.4 Å². The fraction of sp³-hybridized carbons (Fsp3) is 0.364. The van der Waals surface area contributed by atoms with E-state index < -0.39 is 26.6 Å². The number of nitrogens with zero attached hydrogens (tertiary/aromatic N) is 1. The highest BCUT2D eigenvalue weighted by Crippen LogP contribution is 2.19. The third kappa shape index (κ3) is 6.25. The molecule has 0 aliphatic carbocycles. The Hall–Kier alpha value is -3.01. The van der Waals surface area contributed by atoms with Crippen LogP contribution in [-0.4, -0.2) is 44.8 Å². The van der Waals surface area contributed by atoms with Crippen LogP contribution in [0.3, 0.4) is 0 Å². The summed E-state index contributed by atoms with van der Waals surface area (Å²) in [5.41, 5.74) is 0.512. The molecule has 0 radical (unpaired) electrons. The van der Waals surface area contributed by atoms with E-state index in [9.17, 15) is 26.8 Å². The molecule has 2 N–H and O–H groups in total. The van der Waals surface area contributed by atoms with Gasteiger partial charge in [-0.25, -0.2) is 17.2 Å². The molecule has 0 bridgehead atoms. The molecular formula is C22H25F2N3O4S. The van der Waals surface area contributed by atoms with E-state index in [1.54, 1.807) is 0 Å². The van der Waals surface area contributed by atoms with Gasteiger partial charge >= 0.3 is 0 Å². The number of benzene rings is 2. The zero-order valence-corrected chi connectivity index (χ0v) is 18.3. The van der Waals surface area contributed by atoms with Crippen LogP contribution in [0.15, 0.2) is 47.4 Å². The van der Waals surface area contributed by atoms with E-state index in [1.807, 2.05) is 4.90 Å². The minimum atomic E-state index is -4.11. The van der Waals surface area contributed by atoms with E-state index in [0.717, 1.165) is 37.9 Å². The van der Waals surface area contributed by atoms with Gasteiger partial charge in [0.1, 0.15) is 0 Å². The van der Waals surface area contributed by atoms with Gasteiger partial charge < -0.3 is 10.2 Å². The Morgan fingerprint density at radius 3 is 2.47 bits per heavy atom. The van der Waals surface area contributed by atoms with E-state index in [4.69, 9.17) is 0 Å². The predicted octanol–water partition coefficient (Wildman–Crippen LogP) is 3.29. The van der Waals surface area contributed by atoms with Crippen LogP contribution < -0.4 is 10.0 Å². The highest BCUT2D eigenvalue weighted by atomic mass is 32.2. The van der Waals surface area contributed by atoms with Crippen molar-refractivity contribution in [2.24, 2.45) is 0 Å². The summed E-state index contributed by atoms with van der Waals surface area (Å²) in [5.74, 6) is -2.56. The molecule has 0 saturated carbocycles. The summed E-state index contributed by atoms with van der Waals surface area (Å²) in [6.45, 7) is 1.77. The number of carbonyl (C=O) groups excluding carboxylic acids is 2. The minimum absolute atomic E-state index is 0.162. The van der Waals surface area contributed by atoms with Gasteiger partial charge in [-0.3, -0.25) is 14.3 Å². The second-order valence-corrected chi connectivity index (χ2v) is 9.24. The molecule has 1 saturated heterocycles. The molecule has 172 valence electrons. The molecule has 2 aromatic rings. The van der Waals surface area contributed by atoms with Gasteiger partial charge in [0.05, 0.1) is 4.90 Å². The third-order valence-corrected chi connectivity index (χ3v) is 6.54. The molecule has 32 heavy (non-hydrogen) atoms. The Bertz CT molecular complexity index is 1080. The molecule has 1 fully saturated rings. The normalized spacial score (nSPS) is 14.7. The van der Waals surface area contributed by atoms with Crippen LogP contribution in [0.1, 0.15) is 42.5 Å². The number of hydrogen-bond acceptors (Lipinski definition) is 4. The van der Waals surface area contributed by atoms with Crippen molar-refractivity contribution in [3.63, 3.8) is 0 Å². The lowest BCUT2D eigenvalue weighted by Crippen LogP contribution is -2.34. The second-order valence-electron chi connectivity index (χ2n) is 7.56. The van der Waals surface area contributed by atoms with Crippen LogP contribution >= 0.6 is 0 Å². The Morgan fingerprint density at radius 1 is 1.00 bits per heavy atom. The zero-order chi connectivity index (χ0) is 23.1. The average Bonchev–Trinajstić information content (AvgIpc) is 2.97. The zero-order valence-electron chi connectivity index (χ0n) is 17.4. The van der Waals surface area contributed by atoms with Crippen LogP contribution in [0, 0.1) is 11.6 Å². The van der Waals surface area contributed by atoms with Gasteiger partial charge in [-0.2, -0.15) is 0 Å². The highest BCUT2D eigenvalue weighted by Gasteiger charge is 2.18. The van der Waals surface area contributed by atoms with E-state index in [2.05, 4.69) is 10.0 Å². The van der Waals surface area contributed by atoms with Crippen molar-refractivity contribution in [1.29, 1.82) is 0 Å². The molecule has 0 unspecified atom stereocenters. The number of amides is 2. The van der Waals surface area contributed by atoms with Crippen LogP contribution in [-0.2, 0) is 14.8 Å². The number of anilines is 1. The molecule has 1 heterocycles. The van der Waals surface area contributed by atoms with Gasteiger partial charge in [0.25, 0.3) is 15.9 Å². The second kappa shape index (κ2) is 10.5. The monoisotopic (exact) mass is 465 g/mol. The quantitative estimate of drug-likeness (QED) is 0.585. The Labute approximate surface area is 185 Å². The Kier molecular flexibility index (Phi) is 7.79. The van der Waals surface area contributed by atoms with E-state index in [0.29, 0.717) is 37.6 Å². The third-order valence-electron chi connectivity index (χ3n) is 5.16. The van der Waals surface area contributed by atoms with Crippen LogP contribution in [0.25, 0.3) is 0 Å². The largest absolute Gasteiger partial charge is 0.352 e. The van der Waals surface area contributed by atoms with Crippen molar-refractivity contribution in [3.8, 4) is 0 Å². The number of rotatable bonds is 8. The Balaban J connectivity index is 1.50. The van der Waals surface area contributed by atoms with Gasteiger partial charge in [0.15, 0.2) is 11.6 Å². The summed E-state index contributed by atoms with van der Waals surface area (Å²) in [6, 6.07) is 8.01. The lowest BCUT2D eigenvalue weighted by molar-refractivity contribution is -0.130. The highest BCUT2D eigenvalue weighted by molar-refractivity contribution is 7.92. The van der Waals surface area contributed by atoms with Crippen molar-refractivity contribution in [2.45, 2.75) is 37.0 Å². The van der Waals surface area contributed by atoms with Crippen molar-refractivity contribution in [3.05, 3.63) is 59.7 Å². The molecule has 10 heteroatoms. The Morgan fingerprint density at radius 2 is 1.75 bits per heavy atom. The standard InChI is InChI=1S/C22H25F2N3O4S/c23-19-11-10-18(15-20(19)24)32(30,31)26-17-8-6-16(7-9-17)22(29)25-12-4-14-27-13-3-1-2-5-21(27)28/h6-11,15,26H,1-5,12-14H2,(H,25,29). The predicted molar refractivity (Wildman–Crippen MR) is 116 cm³/mol. The molecule has 1 aliphatic rings. The summed E-state index contributed by atoms with van der Waals surface area (Å²) < 4.78 is 53.3. The lowest BCUT2D eigenvalue weighted by Gasteiger charge is -2.20. The van der Waals surface area contributed by atoms with Crippen molar-refractivity contribution >= 4 is 27.5 Å². The first kappa shape index (κ1) is 23.6. The smallest absolute Gasteiger partial charge is 0.261 e. The number of halogens is 2. The fourth-order valence-corrected chi connectivity index (χ4v) is 4.47. The van der Waals surface area contributed by atoms with E-state index >= 15 is 0 Å². The molecule has 0 atom stereocenters. The number of sulfonamides is 1. The lowest BCUT2D eigenvalue weighted by atomic mass is 10.2. The summed E-state index contributed by atoms with van der Waals surface area (Å²) in [5, 5.41) is 2.78. The maximum atomic E-state index is 13.3. The maximum absolute atomic E-state index is 13.3. The van der Waals surface area contributed by atoms with Crippen LogP contribution in [0.4, 0.5) is 14.5 Å². The van der Waals surface area contributed by atoms with Gasteiger partial charge in [0.2, 0.25) is 5.91 Å². The SMILES string of the molecule is O=C(NCCCN1CCCCCC1=O)c1ccc(NS(=O)(=O)c2ccc(F)c(F)c2)cc1. The summed E-state index contributed by atoms with van der Waals surface area (Å²) >= 11 is 0. The molecule has 0 spiro atoms.